The van der Waals surface area contributed by atoms with Crippen molar-refractivity contribution < 1.29 is 14.3 Å². The van der Waals surface area contributed by atoms with E-state index in [9.17, 15) is 4.79 Å². The fraction of sp³-hybridized carbons (Fsp3) is 0.500. The third kappa shape index (κ3) is 2.29. The minimum atomic E-state index is -0.449. The van der Waals surface area contributed by atoms with Gasteiger partial charge in [0.25, 0.3) is 0 Å². The van der Waals surface area contributed by atoms with E-state index in [4.69, 9.17) is 14.6 Å². The molecule has 1 saturated carbocycles. The molecule has 2 aliphatic rings. The summed E-state index contributed by atoms with van der Waals surface area (Å²) in [6.07, 6.45) is 2.89. The van der Waals surface area contributed by atoms with Crippen LogP contribution in [0.2, 0.25) is 0 Å². The van der Waals surface area contributed by atoms with E-state index < -0.39 is 5.60 Å². The molecule has 1 spiro atoms. The lowest BCUT2D eigenvalue weighted by atomic mass is 9.71. The number of aromatic nitrogens is 2. The average molecular weight is 340 g/mol. The van der Waals surface area contributed by atoms with E-state index in [0.29, 0.717) is 12.3 Å². The van der Waals surface area contributed by atoms with Crippen LogP contribution in [0.25, 0.3) is 11.3 Å². The number of ether oxygens (including phenoxy) is 2. The Kier molecular flexibility index (Phi) is 3.46. The number of hydrogen-bond acceptors (Lipinski definition) is 4. The van der Waals surface area contributed by atoms with Crippen LogP contribution in [0.3, 0.4) is 0 Å². The maximum atomic E-state index is 12.6. The van der Waals surface area contributed by atoms with Crippen LogP contribution in [0.1, 0.15) is 63.0 Å². The summed E-state index contributed by atoms with van der Waals surface area (Å²) in [7, 11) is 0. The molecule has 0 atom stereocenters. The number of para-hydroxylation sites is 1. The van der Waals surface area contributed by atoms with Crippen molar-refractivity contribution in [2.75, 3.05) is 6.61 Å². The number of hydrogen-bond donors (Lipinski definition) is 0. The summed E-state index contributed by atoms with van der Waals surface area (Å²) in [5.41, 5.74) is 2.59. The summed E-state index contributed by atoms with van der Waals surface area (Å²) >= 11 is 0. The van der Waals surface area contributed by atoms with Gasteiger partial charge in [0.2, 0.25) is 0 Å². The standard InChI is InChI=1S/C20H24N2O3/c1-5-24-18(23)16-15-17(22(21-16)19(2,3)4)13-9-6-7-10-14(13)25-20(15)11-8-12-20/h6-7,9-10H,5,8,11-12H2,1-4H3. The predicted molar refractivity (Wildman–Crippen MR) is 94.8 cm³/mol. The van der Waals surface area contributed by atoms with Gasteiger partial charge in [-0.3, -0.25) is 4.68 Å². The lowest BCUT2D eigenvalue weighted by Crippen LogP contribution is -2.43. The van der Waals surface area contributed by atoms with Gasteiger partial charge in [0.15, 0.2) is 5.69 Å². The van der Waals surface area contributed by atoms with Crippen molar-refractivity contribution >= 4 is 5.97 Å². The first kappa shape index (κ1) is 16.2. The molecular weight excluding hydrogens is 316 g/mol. The maximum absolute atomic E-state index is 12.6. The average Bonchev–Trinajstić information content (AvgIpc) is 2.94. The topological polar surface area (TPSA) is 53.3 Å². The van der Waals surface area contributed by atoms with Gasteiger partial charge in [0, 0.05) is 5.56 Å². The molecule has 0 unspecified atom stereocenters. The highest BCUT2D eigenvalue weighted by molar-refractivity contribution is 5.93. The van der Waals surface area contributed by atoms with Crippen LogP contribution < -0.4 is 4.74 Å². The molecule has 0 amide bonds. The van der Waals surface area contributed by atoms with Crippen molar-refractivity contribution in [1.82, 2.24) is 9.78 Å². The smallest absolute Gasteiger partial charge is 0.359 e. The van der Waals surface area contributed by atoms with E-state index >= 15 is 0 Å². The molecule has 0 saturated heterocycles. The van der Waals surface area contributed by atoms with E-state index in [1.54, 1.807) is 0 Å². The van der Waals surface area contributed by atoms with Gasteiger partial charge in [-0.05, 0) is 59.1 Å². The third-order valence-electron chi connectivity index (χ3n) is 5.05. The van der Waals surface area contributed by atoms with Gasteiger partial charge in [-0.15, -0.1) is 0 Å². The Morgan fingerprint density at radius 3 is 2.64 bits per heavy atom. The molecule has 25 heavy (non-hydrogen) atoms. The lowest BCUT2D eigenvalue weighted by Gasteiger charge is -2.45. The number of benzene rings is 1. The Morgan fingerprint density at radius 1 is 1.32 bits per heavy atom. The number of carbonyl (C=O) groups is 1. The van der Waals surface area contributed by atoms with Gasteiger partial charge < -0.3 is 9.47 Å². The Bertz CT molecular complexity index is 841. The molecule has 5 heteroatoms. The zero-order valence-corrected chi connectivity index (χ0v) is 15.3. The van der Waals surface area contributed by atoms with Gasteiger partial charge in [-0.1, -0.05) is 12.1 Å². The van der Waals surface area contributed by atoms with E-state index in [1.807, 2.05) is 35.9 Å². The summed E-state index contributed by atoms with van der Waals surface area (Å²) in [5, 5.41) is 4.72. The summed E-state index contributed by atoms with van der Waals surface area (Å²) in [6, 6.07) is 8.02. The van der Waals surface area contributed by atoms with Gasteiger partial charge in [-0.25, -0.2) is 4.79 Å². The lowest BCUT2D eigenvalue weighted by molar-refractivity contribution is -0.0160. The molecule has 1 aliphatic heterocycles. The summed E-state index contributed by atoms with van der Waals surface area (Å²) in [4.78, 5) is 12.6. The number of fused-ring (bicyclic) bond motifs is 4. The highest BCUT2D eigenvalue weighted by Crippen LogP contribution is 2.55. The second kappa shape index (κ2) is 5.35. The molecule has 4 rings (SSSR count). The molecular formula is C20H24N2O3. The van der Waals surface area contributed by atoms with Crippen LogP contribution in [-0.2, 0) is 15.9 Å². The van der Waals surface area contributed by atoms with E-state index in [-0.39, 0.29) is 11.5 Å². The zero-order chi connectivity index (χ0) is 17.8. The fourth-order valence-electron chi connectivity index (χ4n) is 3.79. The minimum Gasteiger partial charge on any atom is -0.482 e. The Labute approximate surface area is 147 Å². The van der Waals surface area contributed by atoms with Crippen LogP contribution in [0.15, 0.2) is 24.3 Å². The highest BCUT2D eigenvalue weighted by atomic mass is 16.5. The molecule has 2 heterocycles. The van der Waals surface area contributed by atoms with Crippen LogP contribution in [0.5, 0.6) is 5.75 Å². The molecule has 0 N–H and O–H groups in total. The van der Waals surface area contributed by atoms with E-state index in [2.05, 4.69) is 20.8 Å². The second-order valence-corrected chi connectivity index (χ2v) is 7.82. The number of carbonyl (C=O) groups excluding carboxylic acids is 1. The van der Waals surface area contributed by atoms with Gasteiger partial charge in [-0.2, -0.15) is 5.10 Å². The van der Waals surface area contributed by atoms with Crippen molar-refractivity contribution in [3.8, 4) is 17.0 Å². The SMILES string of the molecule is CCOC(=O)c1nn(C(C)(C)C)c2c1C1(CCC1)Oc1ccccc1-2. The quantitative estimate of drug-likeness (QED) is 0.767. The Hall–Kier alpha value is -2.30. The first-order valence-electron chi connectivity index (χ1n) is 8.97. The normalized spacial score (nSPS) is 17.3. The molecule has 132 valence electrons. The number of esters is 1. The number of rotatable bonds is 2. The molecule has 1 aromatic carbocycles. The number of nitrogens with zero attached hydrogens (tertiary/aromatic N) is 2. The Balaban J connectivity index is 2.04. The highest BCUT2D eigenvalue weighted by Gasteiger charge is 2.51. The molecule has 2 aromatic rings. The first-order chi connectivity index (χ1) is 11.9. The first-order valence-corrected chi connectivity index (χ1v) is 8.97. The second-order valence-electron chi connectivity index (χ2n) is 7.82. The van der Waals surface area contributed by atoms with Crippen LogP contribution >= 0.6 is 0 Å². The molecule has 1 aliphatic carbocycles. The molecule has 1 fully saturated rings. The Morgan fingerprint density at radius 2 is 2.04 bits per heavy atom. The summed E-state index contributed by atoms with van der Waals surface area (Å²) in [6.45, 7) is 8.44. The fourth-order valence-corrected chi connectivity index (χ4v) is 3.79. The predicted octanol–water partition coefficient (Wildman–Crippen LogP) is 4.25. The van der Waals surface area contributed by atoms with Crippen LogP contribution in [0, 0.1) is 0 Å². The van der Waals surface area contributed by atoms with Crippen molar-refractivity contribution in [3.05, 3.63) is 35.5 Å². The van der Waals surface area contributed by atoms with E-state index in [1.165, 1.54) is 0 Å². The largest absolute Gasteiger partial charge is 0.482 e. The van der Waals surface area contributed by atoms with E-state index in [0.717, 1.165) is 41.8 Å². The summed E-state index contributed by atoms with van der Waals surface area (Å²) < 4.78 is 13.7. The van der Waals surface area contributed by atoms with Gasteiger partial charge in [0.05, 0.1) is 23.4 Å². The summed E-state index contributed by atoms with van der Waals surface area (Å²) in [5.74, 6) is 0.506. The van der Waals surface area contributed by atoms with Crippen molar-refractivity contribution in [1.29, 1.82) is 0 Å². The third-order valence-corrected chi connectivity index (χ3v) is 5.05. The van der Waals surface area contributed by atoms with Crippen LogP contribution in [-0.4, -0.2) is 22.4 Å². The maximum Gasteiger partial charge on any atom is 0.359 e. The van der Waals surface area contributed by atoms with Crippen molar-refractivity contribution in [3.63, 3.8) is 0 Å². The van der Waals surface area contributed by atoms with Crippen LogP contribution in [0.4, 0.5) is 0 Å². The molecule has 0 bridgehead atoms. The molecule has 0 radical (unpaired) electrons. The minimum absolute atomic E-state index is 0.260. The monoisotopic (exact) mass is 340 g/mol. The van der Waals surface area contributed by atoms with Crippen molar-refractivity contribution in [2.45, 2.75) is 58.1 Å². The van der Waals surface area contributed by atoms with Gasteiger partial charge >= 0.3 is 5.97 Å². The zero-order valence-electron chi connectivity index (χ0n) is 15.3. The van der Waals surface area contributed by atoms with Crippen molar-refractivity contribution in [2.24, 2.45) is 0 Å². The molecule has 5 nitrogen and oxygen atoms in total. The molecule has 1 aromatic heterocycles. The van der Waals surface area contributed by atoms with Gasteiger partial charge in [0.1, 0.15) is 11.4 Å².